The Bertz CT molecular complexity index is 926. The monoisotopic (exact) mass is 406 g/mol. The average molecular weight is 407 g/mol. The summed E-state index contributed by atoms with van der Waals surface area (Å²) in [6.45, 7) is 2.05. The fourth-order valence-electron chi connectivity index (χ4n) is 2.67. The molecular formula is C20H26N2O5S. The minimum absolute atomic E-state index is 0.280. The third-order valence-electron chi connectivity index (χ3n) is 4.30. The van der Waals surface area contributed by atoms with Gasteiger partial charge < -0.3 is 14.4 Å². The van der Waals surface area contributed by atoms with Crippen LogP contribution in [-0.2, 0) is 21.4 Å². The van der Waals surface area contributed by atoms with Gasteiger partial charge in [-0.3, -0.25) is 9.10 Å². The molecule has 0 bridgehead atoms. The van der Waals surface area contributed by atoms with E-state index in [9.17, 15) is 13.2 Å². The maximum atomic E-state index is 12.7. The molecule has 7 nitrogen and oxygen atoms in total. The van der Waals surface area contributed by atoms with Gasteiger partial charge >= 0.3 is 0 Å². The second-order valence-corrected chi connectivity index (χ2v) is 8.45. The van der Waals surface area contributed by atoms with Crippen LogP contribution < -0.4 is 13.8 Å². The number of rotatable bonds is 8. The van der Waals surface area contributed by atoms with Gasteiger partial charge in [0.05, 0.1) is 26.2 Å². The standard InChI is InChI=1S/C20H26N2O5S/c1-15-6-8-16(9-7-15)13-21(2)20(23)14-22(28(5,24)25)18-11-10-17(26-3)12-19(18)27-4/h6-12H,13-14H2,1-5H3. The number of likely N-dealkylation sites (N-methyl/N-ethyl adjacent to an activating group) is 1. The van der Waals surface area contributed by atoms with E-state index < -0.39 is 10.0 Å². The molecule has 0 radical (unpaired) electrons. The predicted molar refractivity (Wildman–Crippen MR) is 109 cm³/mol. The lowest BCUT2D eigenvalue weighted by atomic mass is 10.1. The second kappa shape index (κ2) is 8.97. The molecule has 0 aromatic heterocycles. The summed E-state index contributed by atoms with van der Waals surface area (Å²) in [5.41, 5.74) is 2.38. The van der Waals surface area contributed by atoms with Gasteiger partial charge in [0.25, 0.3) is 0 Å². The molecule has 2 rings (SSSR count). The molecule has 0 atom stereocenters. The number of methoxy groups -OCH3 is 2. The van der Waals surface area contributed by atoms with E-state index in [2.05, 4.69) is 0 Å². The smallest absolute Gasteiger partial charge is 0.243 e. The molecular weight excluding hydrogens is 380 g/mol. The Balaban J connectivity index is 2.25. The van der Waals surface area contributed by atoms with Crippen molar-refractivity contribution in [3.63, 3.8) is 0 Å². The lowest BCUT2D eigenvalue weighted by Gasteiger charge is -2.26. The molecule has 0 aliphatic carbocycles. The molecule has 8 heteroatoms. The van der Waals surface area contributed by atoms with Crippen LogP contribution in [0.1, 0.15) is 11.1 Å². The van der Waals surface area contributed by atoms with Crippen molar-refractivity contribution >= 4 is 21.6 Å². The van der Waals surface area contributed by atoms with Gasteiger partial charge in [-0.2, -0.15) is 0 Å². The van der Waals surface area contributed by atoms with Crippen LogP contribution in [0.25, 0.3) is 0 Å². The van der Waals surface area contributed by atoms with Crippen LogP contribution >= 0.6 is 0 Å². The Morgan fingerprint density at radius 1 is 1.04 bits per heavy atom. The largest absolute Gasteiger partial charge is 0.497 e. The maximum absolute atomic E-state index is 12.7. The van der Waals surface area contributed by atoms with Crippen molar-refractivity contribution in [1.82, 2.24) is 4.90 Å². The maximum Gasteiger partial charge on any atom is 0.243 e. The van der Waals surface area contributed by atoms with E-state index in [0.29, 0.717) is 18.0 Å². The normalized spacial score (nSPS) is 11.0. The Hall–Kier alpha value is -2.74. The van der Waals surface area contributed by atoms with Crippen molar-refractivity contribution in [2.45, 2.75) is 13.5 Å². The van der Waals surface area contributed by atoms with Crippen molar-refractivity contribution < 1.29 is 22.7 Å². The number of benzene rings is 2. The molecule has 1 amide bonds. The molecule has 28 heavy (non-hydrogen) atoms. The van der Waals surface area contributed by atoms with E-state index >= 15 is 0 Å². The predicted octanol–water partition coefficient (Wildman–Crippen LogP) is 2.44. The summed E-state index contributed by atoms with van der Waals surface area (Å²) in [5, 5.41) is 0. The van der Waals surface area contributed by atoms with Crippen LogP contribution in [-0.4, -0.2) is 53.3 Å². The number of carbonyl (C=O) groups excluding carboxylic acids is 1. The molecule has 0 heterocycles. The summed E-state index contributed by atoms with van der Waals surface area (Å²) in [7, 11) is 0.875. The van der Waals surface area contributed by atoms with Gasteiger partial charge in [-0.1, -0.05) is 29.8 Å². The number of ether oxygens (including phenoxy) is 2. The number of aryl methyl sites for hydroxylation is 1. The molecule has 0 saturated heterocycles. The molecule has 0 unspecified atom stereocenters. The van der Waals surface area contributed by atoms with Crippen molar-refractivity contribution in [1.29, 1.82) is 0 Å². The first-order valence-corrected chi connectivity index (χ1v) is 10.5. The molecule has 2 aromatic rings. The van der Waals surface area contributed by atoms with E-state index in [1.165, 1.54) is 19.1 Å². The van der Waals surface area contributed by atoms with Crippen molar-refractivity contribution in [3.05, 3.63) is 53.6 Å². The second-order valence-electron chi connectivity index (χ2n) is 6.54. The van der Waals surface area contributed by atoms with Gasteiger partial charge in [-0.05, 0) is 24.6 Å². The van der Waals surface area contributed by atoms with Crippen LogP contribution in [0.2, 0.25) is 0 Å². The Kier molecular flexibility index (Phi) is 6.90. The number of carbonyl (C=O) groups is 1. The Labute approximate surface area is 166 Å². The zero-order valence-electron chi connectivity index (χ0n) is 16.8. The summed E-state index contributed by atoms with van der Waals surface area (Å²) in [6, 6.07) is 12.6. The highest BCUT2D eigenvalue weighted by molar-refractivity contribution is 7.92. The van der Waals surface area contributed by atoms with Crippen molar-refractivity contribution in [2.24, 2.45) is 0 Å². The SMILES string of the molecule is COc1ccc(N(CC(=O)N(C)Cc2ccc(C)cc2)S(C)(=O)=O)c(OC)c1. The summed E-state index contributed by atoms with van der Waals surface area (Å²) in [6.07, 6.45) is 1.06. The lowest BCUT2D eigenvalue weighted by molar-refractivity contribution is -0.128. The van der Waals surface area contributed by atoms with Crippen LogP contribution in [0.15, 0.2) is 42.5 Å². The van der Waals surface area contributed by atoms with Gasteiger partial charge in [0, 0.05) is 19.7 Å². The zero-order valence-corrected chi connectivity index (χ0v) is 17.6. The summed E-state index contributed by atoms with van der Waals surface area (Å²) in [4.78, 5) is 14.2. The van der Waals surface area contributed by atoms with E-state index in [1.54, 1.807) is 25.2 Å². The topological polar surface area (TPSA) is 76.2 Å². The third kappa shape index (κ3) is 5.39. The van der Waals surface area contributed by atoms with Gasteiger partial charge in [-0.15, -0.1) is 0 Å². The Morgan fingerprint density at radius 3 is 2.21 bits per heavy atom. The molecule has 0 N–H and O–H groups in total. The molecule has 152 valence electrons. The molecule has 0 spiro atoms. The van der Waals surface area contributed by atoms with Crippen LogP contribution in [0.3, 0.4) is 0 Å². The van der Waals surface area contributed by atoms with Crippen LogP contribution in [0.5, 0.6) is 11.5 Å². The summed E-state index contributed by atoms with van der Waals surface area (Å²) >= 11 is 0. The summed E-state index contributed by atoms with van der Waals surface area (Å²) in [5.74, 6) is 0.500. The van der Waals surface area contributed by atoms with Gasteiger partial charge in [0.15, 0.2) is 0 Å². The van der Waals surface area contributed by atoms with Gasteiger partial charge in [0.1, 0.15) is 18.0 Å². The fourth-order valence-corrected chi connectivity index (χ4v) is 3.52. The molecule has 0 saturated carbocycles. The number of sulfonamides is 1. The number of anilines is 1. The van der Waals surface area contributed by atoms with Crippen LogP contribution in [0.4, 0.5) is 5.69 Å². The number of hydrogen-bond donors (Lipinski definition) is 0. The van der Waals surface area contributed by atoms with Gasteiger partial charge in [0.2, 0.25) is 15.9 Å². The molecule has 0 aliphatic rings. The molecule has 2 aromatic carbocycles. The van der Waals surface area contributed by atoms with E-state index in [0.717, 1.165) is 21.7 Å². The zero-order chi connectivity index (χ0) is 20.9. The minimum atomic E-state index is -3.71. The molecule has 0 fully saturated rings. The lowest BCUT2D eigenvalue weighted by Crippen LogP contribution is -2.41. The highest BCUT2D eigenvalue weighted by Gasteiger charge is 2.25. The number of amides is 1. The van der Waals surface area contributed by atoms with E-state index in [-0.39, 0.29) is 18.1 Å². The van der Waals surface area contributed by atoms with Gasteiger partial charge in [-0.25, -0.2) is 8.42 Å². The third-order valence-corrected chi connectivity index (χ3v) is 5.43. The van der Waals surface area contributed by atoms with Crippen molar-refractivity contribution in [2.75, 3.05) is 38.4 Å². The quantitative estimate of drug-likeness (QED) is 0.673. The van der Waals surface area contributed by atoms with Crippen LogP contribution in [0, 0.1) is 6.92 Å². The highest BCUT2D eigenvalue weighted by Crippen LogP contribution is 2.33. The first-order valence-electron chi connectivity index (χ1n) is 8.65. The minimum Gasteiger partial charge on any atom is -0.497 e. The fraction of sp³-hybridized carbons (Fsp3) is 0.350. The first-order chi connectivity index (χ1) is 13.2. The molecule has 0 aliphatic heterocycles. The Morgan fingerprint density at radius 2 is 1.68 bits per heavy atom. The number of nitrogens with zero attached hydrogens (tertiary/aromatic N) is 2. The highest BCUT2D eigenvalue weighted by atomic mass is 32.2. The first kappa shape index (κ1) is 21.6. The summed E-state index contributed by atoms with van der Waals surface area (Å²) < 4.78 is 36.2. The van der Waals surface area contributed by atoms with Crippen molar-refractivity contribution in [3.8, 4) is 11.5 Å². The van der Waals surface area contributed by atoms with E-state index in [4.69, 9.17) is 9.47 Å². The van der Waals surface area contributed by atoms with E-state index in [1.807, 2.05) is 31.2 Å². The average Bonchev–Trinajstić information content (AvgIpc) is 2.66. The number of hydrogen-bond acceptors (Lipinski definition) is 5.